The fourth-order valence-electron chi connectivity index (χ4n) is 1.67. The van der Waals surface area contributed by atoms with Gasteiger partial charge in [-0.2, -0.15) is 5.10 Å². The van der Waals surface area contributed by atoms with Crippen molar-refractivity contribution in [2.75, 3.05) is 13.7 Å². The Kier molecular flexibility index (Phi) is 5.28. The summed E-state index contributed by atoms with van der Waals surface area (Å²) in [7, 11) is 1.61. The van der Waals surface area contributed by atoms with E-state index in [-0.39, 0.29) is 12.1 Å². The van der Waals surface area contributed by atoms with Crippen LogP contribution in [0.2, 0.25) is 0 Å². The van der Waals surface area contributed by atoms with Crippen LogP contribution in [0, 0.1) is 0 Å². The largest absolute Gasteiger partial charge is 0.380 e. The van der Waals surface area contributed by atoms with Crippen molar-refractivity contribution in [3.8, 4) is 5.69 Å². The Balaban J connectivity index is 1.80. The van der Waals surface area contributed by atoms with Crippen molar-refractivity contribution in [1.82, 2.24) is 25.4 Å². The van der Waals surface area contributed by atoms with Crippen molar-refractivity contribution < 1.29 is 9.53 Å². The molecule has 21 heavy (non-hydrogen) atoms. The van der Waals surface area contributed by atoms with Crippen molar-refractivity contribution in [2.24, 2.45) is 0 Å². The van der Waals surface area contributed by atoms with Crippen LogP contribution in [0.4, 0.5) is 4.79 Å². The normalized spacial score (nSPS) is 11.9. The van der Waals surface area contributed by atoms with Gasteiger partial charge >= 0.3 is 6.03 Å². The number of hydrogen-bond donors (Lipinski definition) is 2. The second-order valence-electron chi connectivity index (χ2n) is 4.62. The van der Waals surface area contributed by atoms with Crippen LogP contribution in [0.3, 0.4) is 0 Å². The molecule has 0 aliphatic heterocycles. The standard InChI is InChI=1S/C14H19N5O2/c1-11(21-2)7-16-14(20)17-8-12-3-5-13(6-4-12)19-10-15-9-18-19/h3-6,9-11H,7-8H2,1-2H3,(H2,16,17,20). The molecule has 2 N–H and O–H groups in total. The summed E-state index contributed by atoms with van der Waals surface area (Å²) in [4.78, 5) is 15.5. The number of aromatic nitrogens is 3. The third-order valence-electron chi connectivity index (χ3n) is 3.03. The van der Waals surface area contributed by atoms with E-state index in [2.05, 4.69) is 20.7 Å². The lowest BCUT2D eigenvalue weighted by molar-refractivity contribution is 0.118. The number of amides is 2. The molecule has 1 atom stereocenters. The average Bonchev–Trinajstić information content (AvgIpc) is 3.05. The van der Waals surface area contributed by atoms with E-state index >= 15 is 0 Å². The van der Waals surface area contributed by atoms with Gasteiger partial charge in [0.1, 0.15) is 12.7 Å². The fraction of sp³-hybridized carbons (Fsp3) is 0.357. The summed E-state index contributed by atoms with van der Waals surface area (Å²) < 4.78 is 6.73. The van der Waals surface area contributed by atoms with E-state index < -0.39 is 0 Å². The zero-order chi connectivity index (χ0) is 15.1. The number of rotatable bonds is 6. The molecule has 7 heteroatoms. The number of methoxy groups -OCH3 is 1. The minimum absolute atomic E-state index is 0.00212. The van der Waals surface area contributed by atoms with Gasteiger partial charge in [0.15, 0.2) is 0 Å². The van der Waals surface area contributed by atoms with Crippen LogP contribution < -0.4 is 10.6 Å². The van der Waals surface area contributed by atoms with Gasteiger partial charge in [0.05, 0.1) is 11.8 Å². The number of urea groups is 1. The highest BCUT2D eigenvalue weighted by Crippen LogP contribution is 2.07. The Morgan fingerprint density at radius 2 is 2.10 bits per heavy atom. The lowest BCUT2D eigenvalue weighted by atomic mass is 10.2. The van der Waals surface area contributed by atoms with Crippen LogP contribution >= 0.6 is 0 Å². The molecular weight excluding hydrogens is 270 g/mol. The maximum Gasteiger partial charge on any atom is 0.315 e. The molecule has 0 saturated carbocycles. The molecule has 1 heterocycles. The van der Waals surface area contributed by atoms with Gasteiger partial charge in [-0.15, -0.1) is 0 Å². The first kappa shape index (κ1) is 15.0. The highest BCUT2D eigenvalue weighted by molar-refractivity contribution is 5.73. The molecule has 2 aromatic rings. The molecule has 0 bridgehead atoms. The summed E-state index contributed by atoms with van der Waals surface area (Å²) in [6, 6.07) is 7.52. The molecule has 0 fully saturated rings. The first-order valence-corrected chi connectivity index (χ1v) is 6.67. The number of carbonyl (C=O) groups is 1. The third-order valence-corrected chi connectivity index (χ3v) is 3.03. The van der Waals surface area contributed by atoms with E-state index in [0.29, 0.717) is 13.1 Å². The van der Waals surface area contributed by atoms with E-state index in [9.17, 15) is 4.79 Å². The Morgan fingerprint density at radius 1 is 1.33 bits per heavy atom. The number of benzene rings is 1. The van der Waals surface area contributed by atoms with Gasteiger partial charge < -0.3 is 15.4 Å². The number of nitrogens with zero attached hydrogens (tertiary/aromatic N) is 3. The summed E-state index contributed by atoms with van der Waals surface area (Å²) in [5.41, 5.74) is 1.93. The quantitative estimate of drug-likeness (QED) is 0.834. The molecule has 1 unspecified atom stereocenters. The molecule has 1 aromatic carbocycles. The summed E-state index contributed by atoms with van der Waals surface area (Å²) in [6.07, 6.45) is 3.12. The fourth-order valence-corrected chi connectivity index (χ4v) is 1.67. The zero-order valence-electron chi connectivity index (χ0n) is 12.1. The Hall–Kier alpha value is -2.41. The van der Waals surface area contributed by atoms with Gasteiger partial charge in [0.25, 0.3) is 0 Å². The molecule has 1 aromatic heterocycles. The minimum atomic E-state index is -0.209. The van der Waals surface area contributed by atoms with Crippen LogP contribution in [0.15, 0.2) is 36.9 Å². The third kappa shape index (κ3) is 4.57. The van der Waals surface area contributed by atoms with Gasteiger partial charge in [-0.25, -0.2) is 14.5 Å². The monoisotopic (exact) mass is 289 g/mol. The van der Waals surface area contributed by atoms with Crippen LogP contribution in [0.25, 0.3) is 5.69 Å². The van der Waals surface area contributed by atoms with Crippen molar-refractivity contribution >= 4 is 6.03 Å². The summed E-state index contributed by atoms with van der Waals surface area (Å²) in [5, 5.41) is 9.59. The zero-order valence-corrected chi connectivity index (χ0v) is 12.1. The van der Waals surface area contributed by atoms with Crippen LogP contribution in [-0.4, -0.2) is 40.6 Å². The Bertz CT molecular complexity index is 553. The van der Waals surface area contributed by atoms with Crippen LogP contribution in [0.1, 0.15) is 12.5 Å². The topological polar surface area (TPSA) is 81.1 Å². The van der Waals surface area contributed by atoms with Crippen molar-refractivity contribution in [3.05, 3.63) is 42.5 Å². The number of carbonyl (C=O) groups excluding carboxylic acids is 1. The molecule has 0 radical (unpaired) electrons. The summed E-state index contributed by atoms with van der Waals surface area (Å²) >= 11 is 0. The predicted molar refractivity (Wildman–Crippen MR) is 78.1 cm³/mol. The molecule has 2 amide bonds. The average molecular weight is 289 g/mol. The highest BCUT2D eigenvalue weighted by Gasteiger charge is 2.04. The second-order valence-corrected chi connectivity index (χ2v) is 4.62. The second kappa shape index (κ2) is 7.39. The van der Waals surface area contributed by atoms with E-state index in [1.807, 2.05) is 31.2 Å². The van der Waals surface area contributed by atoms with Gasteiger partial charge in [-0.1, -0.05) is 12.1 Å². The summed E-state index contributed by atoms with van der Waals surface area (Å²) in [5.74, 6) is 0. The van der Waals surface area contributed by atoms with E-state index in [0.717, 1.165) is 11.3 Å². The van der Waals surface area contributed by atoms with Crippen molar-refractivity contribution in [2.45, 2.75) is 19.6 Å². The number of nitrogens with one attached hydrogen (secondary N) is 2. The van der Waals surface area contributed by atoms with Crippen molar-refractivity contribution in [3.63, 3.8) is 0 Å². The molecule has 2 rings (SSSR count). The molecule has 0 saturated heterocycles. The van der Waals surface area contributed by atoms with Gasteiger partial charge in [-0.3, -0.25) is 0 Å². The molecule has 112 valence electrons. The summed E-state index contributed by atoms with van der Waals surface area (Å²) in [6.45, 7) is 2.83. The maximum absolute atomic E-state index is 11.6. The first-order chi connectivity index (χ1) is 10.2. The molecular formula is C14H19N5O2. The first-order valence-electron chi connectivity index (χ1n) is 6.67. The van der Waals surface area contributed by atoms with E-state index in [1.165, 1.54) is 6.33 Å². The van der Waals surface area contributed by atoms with Crippen LogP contribution in [0.5, 0.6) is 0 Å². The molecule has 0 aliphatic rings. The predicted octanol–water partition coefficient (Wildman–Crippen LogP) is 1.10. The Labute approximate surface area is 123 Å². The van der Waals surface area contributed by atoms with Crippen LogP contribution in [-0.2, 0) is 11.3 Å². The SMILES string of the molecule is COC(C)CNC(=O)NCc1ccc(-n2cncn2)cc1. The van der Waals surface area contributed by atoms with Gasteiger partial charge in [0.2, 0.25) is 0 Å². The van der Waals surface area contributed by atoms with E-state index in [1.54, 1.807) is 18.1 Å². The number of ether oxygens (including phenoxy) is 1. The molecule has 0 aliphatic carbocycles. The van der Waals surface area contributed by atoms with Crippen molar-refractivity contribution in [1.29, 1.82) is 0 Å². The lowest BCUT2D eigenvalue weighted by Crippen LogP contribution is -2.39. The lowest BCUT2D eigenvalue weighted by Gasteiger charge is -2.11. The van der Waals surface area contributed by atoms with Gasteiger partial charge in [0, 0.05) is 20.2 Å². The highest BCUT2D eigenvalue weighted by atomic mass is 16.5. The smallest absolute Gasteiger partial charge is 0.315 e. The number of hydrogen-bond acceptors (Lipinski definition) is 4. The maximum atomic E-state index is 11.6. The van der Waals surface area contributed by atoms with E-state index in [4.69, 9.17) is 4.74 Å². The van der Waals surface area contributed by atoms with Gasteiger partial charge in [-0.05, 0) is 24.6 Å². The molecule has 0 spiro atoms. The minimum Gasteiger partial charge on any atom is -0.380 e. The Morgan fingerprint density at radius 3 is 2.71 bits per heavy atom. The molecule has 7 nitrogen and oxygen atoms in total.